The molecule has 0 atom stereocenters. The lowest BCUT2D eigenvalue weighted by atomic mass is 10.1. The van der Waals surface area contributed by atoms with E-state index in [0.717, 1.165) is 41.8 Å². The summed E-state index contributed by atoms with van der Waals surface area (Å²) in [6.07, 6.45) is 5.51. The van der Waals surface area contributed by atoms with Crippen molar-refractivity contribution < 1.29 is 0 Å². The van der Waals surface area contributed by atoms with Crippen molar-refractivity contribution >= 4 is 11.8 Å². The highest BCUT2D eigenvalue weighted by molar-refractivity contribution is 5.64. The van der Waals surface area contributed by atoms with E-state index < -0.39 is 0 Å². The Bertz CT molecular complexity index is 830. The van der Waals surface area contributed by atoms with Crippen molar-refractivity contribution in [2.24, 2.45) is 0 Å². The highest BCUT2D eigenvalue weighted by Crippen LogP contribution is 2.24. The molecule has 132 valence electrons. The average Bonchev–Trinajstić information content (AvgIpc) is 2.74. The van der Waals surface area contributed by atoms with Gasteiger partial charge < -0.3 is 10.2 Å². The first-order valence-corrected chi connectivity index (χ1v) is 9.22. The van der Waals surface area contributed by atoms with Crippen LogP contribution in [0.4, 0.5) is 11.8 Å². The minimum atomic E-state index is 0.644. The van der Waals surface area contributed by atoms with Crippen LogP contribution in [0.2, 0.25) is 0 Å². The average molecular weight is 345 g/mol. The van der Waals surface area contributed by atoms with Crippen molar-refractivity contribution in [3.05, 3.63) is 66.5 Å². The number of nitrogens with one attached hydrogen (secondary N) is 1. The molecule has 0 amide bonds. The molecule has 1 fully saturated rings. The topological polar surface area (TPSA) is 53.9 Å². The molecule has 0 bridgehead atoms. The van der Waals surface area contributed by atoms with Crippen molar-refractivity contribution in [1.82, 2.24) is 15.0 Å². The Morgan fingerprint density at radius 3 is 2.46 bits per heavy atom. The van der Waals surface area contributed by atoms with Crippen LogP contribution in [-0.2, 0) is 6.54 Å². The van der Waals surface area contributed by atoms with Gasteiger partial charge in [-0.25, -0.2) is 4.98 Å². The highest BCUT2D eigenvalue weighted by atomic mass is 15.3. The SMILES string of the molecule is c1ccc(-c2cc(NCc3ccccn3)nc(N3CCCCC3)n2)cc1. The van der Waals surface area contributed by atoms with Gasteiger partial charge in [-0.1, -0.05) is 36.4 Å². The van der Waals surface area contributed by atoms with Crippen LogP contribution < -0.4 is 10.2 Å². The maximum atomic E-state index is 4.84. The van der Waals surface area contributed by atoms with Gasteiger partial charge in [-0.3, -0.25) is 4.98 Å². The molecule has 1 saturated heterocycles. The van der Waals surface area contributed by atoms with E-state index >= 15 is 0 Å². The molecule has 4 rings (SSSR count). The predicted octanol–water partition coefficient (Wildman–Crippen LogP) is 4.14. The van der Waals surface area contributed by atoms with Gasteiger partial charge in [0.1, 0.15) is 5.82 Å². The number of piperidine rings is 1. The zero-order chi connectivity index (χ0) is 17.6. The first-order valence-electron chi connectivity index (χ1n) is 9.22. The summed E-state index contributed by atoms with van der Waals surface area (Å²) >= 11 is 0. The van der Waals surface area contributed by atoms with E-state index in [-0.39, 0.29) is 0 Å². The van der Waals surface area contributed by atoms with Crippen molar-refractivity contribution in [3.63, 3.8) is 0 Å². The molecule has 5 heteroatoms. The number of rotatable bonds is 5. The molecule has 0 unspecified atom stereocenters. The maximum absolute atomic E-state index is 4.84. The van der Waals surface area contributed by atoms with Gasteiger partial charge in [0.05, 0.1) is 17.9 Å². The van der Waals surface area contributed by atoms with Gasteiger partial charge in [0.25, 0.3) is 0 Å². The molecule has 0 aliphatic carbocycles. The first-order chi connectivity index (χ1) is 12.9. The monoisotopic (exact) mass is 345 g/mol. The molecule has 26 heavy (non-hydrogen) atoms. The number of hydrogen-bond acceptors (Lipinski definition) is 5. The number of aromatic nitrogens is 3. The zero-order valence-electron chi connectivity index (χ0n) is 14.8. The Labute approximate surface area is 154 Å². The molecular weight excluding hydrogens is 322 g/mol. The second-order valence-electron chi connectivity index (χ2n) is 6.53. The molecule has 0 saturated carbocycles. The van der Waals surface area contributed by atoms with Crippen molar-refractivity contribution in [1.29, 1.82) is 0 Å². The standard InChI is InChI=1S/C21H23N5/c1-3-9-17(10-4-1)19-15-20(23-16-18-11-5-6-12-22-18)25-21(24-19)26-13-7-2-8-14-26/h1,3-6,9-12,15H,2,7-8,13-14,16H2,(H,23,24,25). The lowest BCUT2D eigenvalue weighted by Gasteiger charge is -2.27. The largest absolute Gasteiger partial charge is 0.364 e. The fourth-order valence-electron chi connectivity index (χ4n) is 3.20. The van der Waals surface area contributed by atoms with E-state index in [1.165, 1.54) is 19.3 Å². The summed E-state index contributed by atoms with van der Waals surface area (Å²) in [7, 11) is 0. The number of pyridine rings is 1. The van der Waals surface area contributed by atoms with Gasteiger partial charge in [0.2, 0.25) is 5.95 Å². The van der Waals surface area contributed by atoms with Gasteiger partial charge >= 0.3 is 0 Å². The van der Waals surface area contributed by atoms with Crippen LogP contribution in [0.25, 0.3) is 11.3 Å². The predicted molar refractivity (Wildman–Crippen MR) is 105 cm³/mol. The summed E-state index contributed by atoms with van der Waals surface area (Å²) in [5.41, 5.74) is 3.05. The summed E-state index contributed by atoms with van der Waals surface area (Å²) < 4.78 is 0. The summed E-state index contributed by atoms with van der Waals surface area (Å²) in [4.78, 5) is 16.3. The van der Waals surface area contributed by atoms with Crippen LogP contribution in [0.15, 0.2) is 60.8 Å². The zero-order valence-corrected chi connectivity index (χ0v) is 14.8. The Morgan fingerprint density at radius 2 is 1.69 bits per heavy atom. The third kappa shape index (κ3) is 3.99. The highest BCUT2D eigenvalue weighted by Gasteiger charge is 2.16. The Morgan fingerprint density at radius 1 is 0.885 bits per heavy atom. The Balaban J connectivity index is 1.63. The fourth-order valence-corrected chi connectivity index (χ4v) is 3.20. The molecular formula is C21H23N5. The molecule has 2 aromatic heterocycles. The van der Waals surface area contributed by atoms with Gasteiger partial charge in [0, 0.05) is 30.9 Å². The Kier molecular flexibility index (Phi) is 5.05. The lowest BCUT2D eigenvalue weighted by Crippen LogP contribution is -2.31. The molecule has 1 N–H and O–H groups in total. The van der Waals surface area contributed by atoms with Crippen molar-refractivity contribution in [3.8, 4) is 11.3 Å². The van der Waals surface area contributed by atoms with Gasteiger partial charge in [-0.15, -0.1) is 0 Å². The first kappa shape index (κ1) is 16.5. The second kappa shape index (κ2) is 7.95. The van der Waals surface area contributed by atoms with E-state index in [4.69, 9.17) is 9.97 Å². The minimum Gasteiger partial charge on any atom is -0.364 e. The van der Waals surface area contributed by atoms with Crippen molar-refractivity contribution in [2.75, 3.05) is 23.3 Å². The fraction of sp³-hybridized carbons (Fsp3) is 0.286. The minimum absolute atomic E-state index is 0.644. The van der Waals surface area contributed by atoms with E-state index in [1.54, 1.807) is 0 Å². The summed E-state index contributed by atoms with van der Waals surface area (Å²) in [5.74, 6) is 1.65. The summed E-state index contributed by atoms with van der Waals surface area (Å²) in [6.45, 7) is 2.70. The third-order valence-corrected chi connectivity index (χ3v) is 4.60. The number of nitrogens with zero attached hydrogens (tertiary/aromatic N) is 4. The summed E-state index contributed by atoms with van der Waals surface area (Å²) in [5, 5.41) is 3.41. The van der Waals surface area contributed by atoms with E-state index in [1.807, 2.05) is 48.7 Å². The van der Waals surface area contributed by atoms with Gasteiger partial charge in [-0.2, -0.15) is 4.98 Å². The smallest absolute Gasteiger partial charge is 0.227 e. The third-order valence-electron chi connectivity index (χ3n) is 4.60. The van der Waals surface area contributed by atoms with E-state index in [2.05, 4.69) is 27.3 Å². The van der Waals surface area contributed by atoms with E-state index in [0.29, 0.717) is 6.54 Å². The van der Waals surface area contributed by atoms with Gasteiger partial charge in [0.15, 0.2) is 0 Å². The molecule has 1 aromatic carbocycles. The normalized spacial score (nSPS) is 14.2. The maximum Gasteiger partial charge on any atom is 0.227 e. The molecule has 1 aliphatic heterocycles. The Hall–Kier alpha value is -2.95. The number of anilines is 2. The number of benzene rings is 1. The molecule has 5 nitrogen and oxygen atoms in total. The van der Waals surface area contributed by atoms with Gasteiger partial charge in [-0.05, 0) is 31.4 Å². The van der Waals surface area contributed by atoms with Crippen LogP contribution in [0.1, 0.15) is 25.0 Å². The molecule has 3 heterocycles. The van der Waals surface area contributed by atoms with Crippen LogP contribution in [0.5, 0.6) is 0 Å². The van der Waals surface area contributed by atoms with Crippen LogP contribution in [-0.4, -0.2) is 28.0 Å². The molecule has 0 radical (unpaired) electrons. The molecule has 0 spiro atoms. The summed E-state index contributed by atoms with van der Waals surface area (Å²) in [6, 6.07) is 18.2. The second-order valence-corrected chi connectivity index (χ2v) is 6.53. The van der Waals surface area contributed by atoms with Crippen molar-refractivity contribution in [2.45, 2.75) is 25.8 Å². The van der Waals surface area contributed by atoms with Crippen LogP contribution in [0, 0.1) is 0 Å². The quantitative estimate of drug-likeness (QED) is 0.753. The molecule has 1 aliphatic rings. The van der Waals surface area contributed by atoms with Crippen LogP contribution in [0.3, 0.4) is 0 Å². The van der Waals surface area contributed by atoms with E-state index in [9.17, 15) is 0 Å². The lowest BCUT2D eigenvalue weighted by molar-refractivity contribution is 0.568. The van der Waals surface area contributed by atoms with Crippen LogP contribution >= 0.6 is 0 Å². The molecule has 3 aromatic rings. The number of hydrogen-bond donors (Lipinski definition) is 1.